The predicted molar refractivity (Wildman–Crippen MR) is 152 cm³/mol. The number of nitrogens with zero attached hydrogens (tertiary/aromatic N) is 7. The lowest BCUT2D eigenvalue weighted by Crippen LogP contribution is -2.45. The second-order valence-corrected chi connectivity index (χ2v) is 12.8. The van der Waals surface area contributed by atoms with Crippen molar-refractivity contribution < 1.29 is 26.3 Å². The smallest absolute Gasteiger partial charge is 0.320 e. The first-order valence-corrected chi connectivity index (χ1v) is 14.8. The number of piperidine rings is 1. The van der Waals surface area contributed by atoms with E-state index in [2.05, 4.69) is 17.1 Å². The van der Waals surface area contributed by atoms with Crippen LogP contribution in [0.25, 0.3) is 11.2 Å². The Labute approximate surface area is 253 Å². The highest BCUT2D eigenvalue weighted by Crippen LogP contribution is 2.51. The zero-order valence-corrected chi connectivity index (χ0v) is 25.0. The summed E-state index contributed by atoms with van der Waals surface area (Å²) in [7, 11) is 1.69. The maximum absolute atomic E-state index is 14.4. The summed E-state index contributed by atoms with van der Waals surface area (Å²) >= 11 is 0. The van der Waals surface area contributed by atoms with Gasteiger partial charge < -0.3 is 9.13 Å². The Kier molecular flexibility index (Phi) is 7.52. The number of fused-ring (bicyclic) bond motifs is 1. The van der Waals surface area contributed by atoms with E-state index >= 15 is 0 Å². The summed E-state index contributed by atoms with van der Waals surface area (Å²) < 4.78 is 87.8. The van der Waals surface area contributed by atoms with E-state index in [1.54, 1.807) is 11.6 Å². The van der Waals surface area contributed by atoms with Crippen LogP contribution in [-0.2, 0) is 31.7 Å². The largest absolute Gasteiger partial charge is 0.418 e. The Morgan fingerprint density at radius 2 is 1.73 bits per heavy atom. The quantitative estimate of drug-likeness (QED) is 0.281. The SMILES string of the molecule is CC1CC(c2cc(-n3cc4c(C(F)(F)F)cc(CN5CCC[C@H](C)C5)cn4c3=O)c(=O)n(CC(F)(F)F)c2)(c2nncn2C)C1. The van der Waals surface area contributed by atoms with E-state index in [1.807, 2.05) is 11.8 Å². The molecule has 2 fully saturated rings. The number of aromatic nitrogens is 6. The third-order valence-electron chi connectivity index (χ3n) is 9.04. The molecule has 0 radical (unpaired) electrons. The first kappa shape index (κ1) is 31.1. The number of imidazole rings is 1. The van der Waals surface area contributed by atoms with Crippen molar-refractivity contribution in [3.8, 4) is 5.69 Å². The Bertz CT molecular complexity index is 1860. The maximum atomic E-state index is 14.4. The average Bonchev–Trinajstić information content (AvgIpc) is 3.49. The number of halogens is 6. The number of hydrogen-bond acceptors (Lipinski definition) is 5. The Morgan fingerprint density at radius 3 is 2.33 bits per heavy atom. The predicted octanol–water partition coefficient (Wildman–Crippen LogP) is 4.91. The Hall–Kier alpha value is -3.88. The van der Waals surface area contributed by atoms with Crippen LogP contribution in [0.2, 0.25) is 0 Å². The van der Waals surface area contributed by atoms with Gasteiger partial charge in [-0.05, 0) is 67.3 Å². The monoisotopic (exact) mass is 637 g/mol. The summed E-state index contributed by atoms with van der Waals surface area (Å²) in [6.07, 6.45) is -1.98. The molecule has 4 aromatic rings. The van der Waals surface area contributed by atoms with E-state index in [0.29, 0.717) is 42.2 Å². The van der Waals surface area contributed by atoms with Crippen molar-refractivity contribution >= 4 is 5.52 Å². The zero-order valence-electron chi connectivity index (χ0n) is 25.0. The van der Waals surface area contributed by atoms with E-state index in [-0.39, 0.29) is 23.6 Å². The first-order chi connectivity index (χ1) is 21.1. The van der Waals surface area contributed by atoms with E-state index in [4.69, 9.17) is 0 Å². The van der Waals surface area contributed by atoms with Crippen molar-refractivity contribution in [2.45, 2.75) is 70.4 Å². The van der Waals surface area contributed by atoms with Crippen LogP contribution in [0.1, 0.15) is 62.0 Å². The van der Waals surface area contributed by atoms with Crippen molar-refractivity contribution in [3.63, 3.8) is 0 Å². The van der Waals surface area contributed by atoms with Crippen LogP contribution in [0.3, 0.4) is 0 Å². The van der Waals surface area contributed by atoms with Gasteiger partial charge in [0.05, 0.1) is 16.5 Å². The molecule has 0 bridgehead atoms. The van der Waals surface area contributed by atoms with E-state index in [0.717, 1.165) is 40.3 Å². The van der Waals surface area contributed by atoms with Gasteiger partial charge in [-0.3, -0.25) is 18.7 Å². The molecule has 0 aromatic carbocycles. The summed E-state index contributed by atoms with van der Waals surface area (Å²) in [5.74, 6) is 1.01. The van der Waals surface area contributed by atoms with Crippen LogP contribution in [0.4, 0.5) is 26.3 Å². The molecule has 1 aliphatic carbocycles. The number of alkyl halides is 6. The minimum atomic E-state index is -4.84. The van der Waals surface area contributed by atoms with Crippen molar-refractivity contribution in [2.75, 3.05) is 13.1 Å². The molecular formula is C30H33F6N7O2. The highest BCUT2D eigenvalue weighted by molar-refractivity contribution is 5.58. The van der Waals surface area contributed by atoms with Gasteiger partial charge in [-0.15, -0.1) is 10.2 Å². The van der Waals surface area contributed by atoms with Crippen LogP contribution in [0.5, 0.6) is 0 Å². The van der Waals surface area contributed by atoms with Crippen LogP contribution >= 0.6 is 0 Å². The van der Waals surface area contributed by atoms with Crippen LogP contribution in [-0.4, -0.2) is 52.5 Å². The Balaban J connectivity index is 1.55. The van der Waals surface area contributed by atoms with Gasteiger partial charge in [0.25, 0.3) is 5.56 Å². The fourth-order valence-corrected chi connectivity index (χ4v) is 7.18. The molecule has 0 unspecified atom stereocenters. The number of hydrogen-bond donors (Lipinski definition) is 0. The van der Waals surface area contributed by atoms with Gasteiger partial charge in [-0.25, -0.2) is 4.79 Å². The number of aryl methyl sites for hydroxylation is 1. The lowest BCUT2D eigenvalue weighted by molar-refractivity contribution is -0.141. The molecule has 1 aliphatic heterocycles. The number of pyridine rings is 2. The standard InChI is InChI=1S/C30H33F6N7O2/c1-18-5-4-6-40(11-18)12-20-7-22(30(34,35)36)24-15-43(27(45)42(24)13-20)23-8-21(14-41(25(23)44)16-29(31,32)33)28(9-19(2)10-28)26-38-37-17-39(26)3/h7-8,13-15,17-19H,4-6,9-12,16H2,1-3H3/t18-,19?,28?/m0/s1. The van der Waals surface area contributed by atoms with Gasteiger partial charge in [0.1, 0.15) is 24.4 Å². The normalized spacial score (nSPS) is 23.0. The molecule has 0 amide bonds. The maximum Gasteiger partial charge on any atom is 0.418 e. The van der Waals surface area contributed by atoms with E-state index in [9.17, 15) is 35.9 Å². The lowest BCUT2D eigenvalue weighted by atomic mass is 9.59. The second kappa shape index (κ2) is 10.9. The topological polar surface area (TPSA) is 82.4 Å². The second-order valence-electron chi connectivity index (χ2n) is 12.8. The molecule has 0 spiro atoms. The third kappa shape index (κ3) is 5.70. The van der Waals surface area contributed by atoms with Crippen LogP contribution in [0.15, 0.2) is 46.6 Å². The molecule has 1 saturated carbocycles. The summed E-state index contributed by atoms with van der Waals surface area (Å²) in [5, 5.41) is 8.13. The molecule has 4 aromatic heterocycles. The summed E-state index contributed by atoms with van der Waals surface area (Å²) in [4.78, 5) is 29.4. The van der Waals surface area contributed by atoms with Crippen molar-refractivity contribution in [1.82, 2.24) is 33.2 Å². The van der Waals surface area contributed by atoms with Gasteiger partial charge in [-0.2, -0.15) is 26.3 Å². The van der Waals surface area contributed by atoms with Crippen LogP contribution in [0, 0.1) is 11.8 Å². The highest BCUT2D eigenvalue weighted by atomic mass is 19.4. The number of likely N-dealkylation sites (tertiary alicyclic amines) is 1. The molecule has 1 saturated heterocycles. The molecule has 9 nitrogen and oxygen atoms in total. The molecule has 15 heteroatoms. The Morgan fingerprint density at radius 1 is 1.00 bits per heavy atom. The molecule has 242 valence electrons. The van der Waals surface area contributed by atoms with Gasteiger partial charge in [-0.1, -0.05) is 13.8 Å². The van der Waals surface area contributed by atoms with Crippen molar-refractivity contribution in [3.05, 3.63) is 80.4 Å². The molecule has 5 heterocycles. The summed E-state index contributed by atoms with van der Waals surface area (Å²) in [6.45, 7) is 3.98. The van der Waals surface area contributed by atoms with Crippen molar-refractivity contribution in [1.29, 1.82) is 0 Å². The lowest BCUT2D eigenvalue weighted by Gasteiger charge is -2.46. The molecule has 45 heavy (non-hydrogen) atoms. The minimum absolute atomic E-state index is 0.170. The van der Waals surface area contributed by atoms with Crippen molar-refractivity contribution in [2.24, 2.45) is 18.9 Å². The third-order valence-corrected chi connectivity index (χ3v) is 9.04. The average molecular weight is 638 g/mol. The van der Waals surface area contributed by atoms with Gasteiger partial charge in [0, 0.05) is 38.7 Å². The molecule has 1 atom stereocenters. The zero-order chi connectivity index (χ0) is 32.5. The fourth-order valence-electron chi connectivity index (χ4n) is 7.18. The summed E-state index contributed by atoms with van der Waals surface area (Å²) in [5.41, 5.74) is -4.58. The van der Waals surface area contributed by atoms with Crippen LogP contribution < -0.4 is 11.2 Å². The minimum Gasteiger partial charge on any atom is -0.320 e. The first-order valence-electron chi connectivity index (χ1n) is 14.8. The molecule has 6 rings (SSSR count). The molecular weight excluding hydrogens is 604 g/mol. The fraction of sp³-hybridized carbons (Fsp3) is 0.533. The van der Waals surface area contributed by atoms with Gasteiger partial charge >= 0.3 is 18.0 Å². The summed E-state index contributed by atoms with van der Waals surface area (Å²) in [6, 6.07) is 2.30. The molecule has 2 aliphatic rings. The molecule has 0 N–H and O–H groups in total. The van der Waals surface area contributed by atoms with Gasteiger partial charge in [0.2, 0.25) is 0 Å². The van der Waals surface area contributed by atoms with E-state index in [1.165, 1.54) is 18.6 Å². The van der Waals surface area contributed by atoms with E-state index < -0.39 is 52.3 Å². The van der Waals surface area contributed by atoms with Gasteiger partial charge in [0.15, 0.2) is 0 Å². The number of rotatable bonds is 6. The highest BCUT2D eigenvalue weighted by Gasteiger charge is 2.49.